The van der Waals surface area contributed by atoms with Crippen LogP contribution in [0.15, 0.2) is 77.6 Å². The molecule has 0 saturated heterocycles. The van der Waals surface area contributed by atoms with Gasteiger partial charge in [0.2, 0.25) is 11.7 Å². The second kappa shape index (κ2) is 9.46. The number of nitrogens with zero attached hydrogens (tertiary/aromatic N) is 3. The summed E-state index contributed by atoms with van der Waals surface area (Å²) in [4.78, 5) is 31.1. The molecule has 0 aliphatic carbocycles. The summed E-state index contributed by atoms with van der Waals surface area (Å²) in [6.07, 6.45) is 0. The van der Waals surface area contributed by atoms with Crippen molar-refractivity contribution in [1.29, 1.82) is 0 Å². The number of carbonyl (C=O) groups is 1. The van der Waals surface area contributed by atoms with Crippen LogP contribution in [0.5, 0.6) is 17.2 Å². The monoisotopic (exact) mass is 484 g/mol. The number of fused-ring (bicyclic) bond motifs is 3. The molecule has 2 aromatic heterocycles. The van der Waals surface area contributed by atoms with E-state index in [1.54, 1.807) is 44.1 Å². The van der Waals surface area contributed by atoms with Crippen molar-refractivity contribution >= 4 is 28.4 Å². The van der Waals surface area contributed by atoms with Gasteiger partial charge in [-0.2, -0.15) is 0 Å². The van der Waals surface area contributed by atoms with Gasteiger partial charge < -0.3 is 24.1 Å². The topological polar surface area (TPSA) is 96.1 Å². The number of amides is 1. The van der Waals surface area contributed by atoms with Crippen molar-refractivity contribution < 1.29 is 19.0 Å². The molecule has 5 rings (SSSR count). The van der Waals surface area contributed by atoms with Gasteiger partial charge in [-0.1, -0.05) is 12.1 Å². The van der Waals surface area contributed by atoms with E-state index in [0.29, 0.717) is 45.4 Å². The van der Waals surface area contributed by atoms with E-state index in [1.807, 2.05) is 48.5 Å². The predicted molar refractivity (Wildman–Crippen MR) is 137 cm³/mol. The third-order valence-electron chi connectivity index (χ3n) is 5.88. The van der Waals surface area contributed by atoms with Crippen molar-refractivity contribution in [2.75, 3.05) is 26.6 Å². The first-order valence-electron chi connectivity index (χ1n) is 11.2. The molecule has 2 heterocycles. The average Bonchev–Trinajstić information content (AvgIpc) is 3.22. The van der Waals surface area contributed by atoms with Gasteiger partial charge in [0.15, 0.2) is 0 Å². The number of anilines is 1. The number of benzene rings is 3. The predicted octanol–water partition coefficient (Wildman–Crippen LogP) is 3.98. The summed E-state index contributed by atoms with van der Waals surface area (Å²) in [6.45, 7) is -0.0605. The summed E-state index contributed by atoms with van der Waals surface area (Å²) in [5, 5.41) is 2.88. The molecule has 1 amide bonds. The lowest BCUT2D eigenvalue weighted by Crippen LogP contribution is -2.20. The Kier molecular flexibility index (Phi) is 6.03. The van der Waals surface area contributed by atoms with Gasteiger partial charge in [-0.3, -0.25) is 9.59 Å². The minimum atomic E-state index is -0.294. The molecule has 9 heteroatoms. The van der Waals surface area contributed by atoms with Crippen molar-refractivity contribution in [3.63, 3.8) is 0 Å². The summed E-state index contributed by atoms with van der Waals surface area (Å²) in [6, 6.07) is 21.3. The highest BCUT2D eigenvalue weighted by molar-refractivity contribution is 5.93. The highest BCUT2D eigenvalue weighted by Gasteiger charge is 2.17. The molecule has 36 heavy (non-hydrogen) atoms. The van der Waals surface area contributed by atoms with E-state index in [-0.39, 0.29) is 18.0 Å². The Morgan fingerprint density at radius 3 is 2.11 bits per heavy atom. The minimum Gasteiger partial charge on any atom is -0.497 e. The number of nitrogens with one attached hydrogen (secondary N) is 1. The van der Waals surface area contributed by atoms with Crippen LogP contribution in [-0.2, 0) is 11.3 Å². The molecule has 182 valence electrons. The Morgan fingerprint density at radius 1 is 0.833 bits per heavy atom. The molecule has 9 nitrogen and oxygen atoms in total. The largest absolute Gasteiger partial charge is 0.497 e. The fourth-order valence-electron chi connectivity index (χ4n) is 4.16. The molecule has 1 N–H and O–H groups in total. The zero-order chi connectivity index (χ0) is 25.2. The maximum atomic E-state index is 13.2. The highest BCUT2D eigenvalue weighted by Crippen LogP contribution is 2.27. The second-order valence-corrected chi connectivity index (χ2v) is 8.07. The molecular weight excluding hydrogens is 460 g/mol. The number of hydrogen-bond donors (Lipinski definition) is 1. The molecule has 0 aliphatic rings. The Morgan fingerprint density at radius 2 is 1.47 bits per heavy atom. The quantitative estimate of drug-likeness (QED) is 0.375. The first-order valence-corrected chi connectivity index (χ1v) is 11.2. The van der Waals surface area contributed by atoms with Crippen LogP contribution in [0.25, 0.3) is 28.1 Å². The minimum absolute atomic E-state index is 0.0605. The third kappa shape index (κ3) is 4.22. The number of methoxy groups -OCH3 is 3. The third-order valence-corrected chi connectivity index (χ3v) is 5.88. The van der Waals surface area contributed by atoms with Crippen LogP contribution in [0.3, 0.4) is 0 Å². The molecule has 5 aromatic rings. The average molecular weight is 485 g/mol. The van der Waals surface area contributed by atoms with Gasteiger partial charge in [0.05, 0.1) is 38.1 Å². The van der Waals surface area contributed by atoms with Crippen LogP contribution in [0.4, 0.5) is 5.69 Å². The first kappa shape index (κ1) is 23.0. The van der Waals surface area contributed by atoms with E-state index in [2.05, 4.69) is 5.32 Å². The fourth-order valence-corrected chi connectivity index (χ4v) is 4.16. The van der Waals surface area contributed by atoms with Gasteiger partial charge in [0.1, 0.15) is 23.8 Å². The number of imidazole rings is 1. The van der Waals surface area contributed by atoms with Crippen LogP contribution in [-0.4, -0.2) is 41.2 Å². The lowest BCUT2D eigenvalue weighted by atomic mass is 10.1. The van der Waals surface area contributed by atoms with Crippen LogP contribution >= 0.6 is 0 Å². The second-order valence-electron chi connectivity index (χ2n) is 8.07. The molecule has 0 unspecified atom stereocenters. The van der Waals surface area contributed by atoms with Crippen LogP contribution in [0, 0.1) is 0 Å². The number of para-hydroxylation sites is 2. The van der Waals surface area contributed by atoms with E-state index in [9.17, 15) is 9.59 Å². The Labute approximate surface area is 206 Å². The fraction of sp³-hybridized carbons (Fsp3) is 0.148. The van der Waals surface area contributed by atoms with Gasteiger partial charge >= 0.3 is 0 Å². The number of carbonyl (C=O) groups excluding carboxylic acids is 1. The summed E-state index contributed by atoms with van der Waals surface area (Å²) >= 11 is 0. The van der Waals surface area contributed by atoms with E-state index >= 15 is 0 Å². The number of ether oxygens (including phenoxy) is 3. The number of rotatable bonds is 7. The normalized spacial score (nSPS) is 11.0. The molecule has 0 spiro atoms. The van der Waals surface area contributed by atoms with Crippen molar-refractivity contribution in [2.45, 2.75) is 6.54 Å². The van der Waals surface area contributed by atoms with Gasteiger partial charge in [-0.25, -0.2) is 9.38 Å². The van der Waals surface area contributed by atoms with Crippen LogP contribution in [0.1, 0.15) is 0 Å². The molecule has 3 aromatic carbocycles. The standard InChI is InChI=1S/C27H24N4O5/c1-34-19-10-8-17(9-11-19)22-15-26(33)31-24-7-5-4-6-23(24)30(27(31)29-22)16-25(32)28-18-12-20(35-2)14-21(13-18)36-3/h4-15H,16H2,1-3H3,(H,28,32). The molecular formula is C27H24N4O5. The summed E-state index contributed by atoms with van der Waals surface area (Å²) in [5.41, 5.74) is 2.94. The van der Waals surface area contributed by atoms with Gasteiger partial charge in [0.25, 0.3) is 5.56 Å². The lowest BCUT2D eigenvalue weighted by molar-refractivity contribution is -0.116. The van der Waals surface area contributed by atoms with Crippen molar-refractivity contribution in [2.24, 2.45) is 0 Å². The Balaban J connectivity index is 1.58. The highest BCUT2D eigenvalue weighted by atomic mass is 16.5. The first-order chi connectivity index (χ1) is 17.5. The van der Waals surface area contributed by atoms with Crippen molar-refractivity contribution in [1.82, 2.24) is 14.0 Å². The maximum Gasteiger partial charge on any atom is 0.260 e. The maximum absolute atomic E-state index is 13.2. The molecule has 0 aliphatic heterocycles. The summed E-state index contributed by atoms with van der Waals surface area (Å²) < 4.78 is 19.1. The van der Waals surface area contributed by atoms with E-state index < -0.39 is 0 Å². The van der Waals surface area contributed by atoms with Crippen molar-refractivity contribution in [3.05, 3.63) is 83.2 Å². The van der Waals surface area contributed by atoms with Gasteiger partial charge in [-0.15, -0.1) is 0 Å². The number of hydrogen-bond acceptors (Lipinski definition) is 6. The summed E-state index contributed by atoms with van der Waals surface area (Å²) in [7, 11) is 4.68. The van der Waals surface area contributed by atoms with Crippen LogP contribution in [0.2, 0.25) is 0 Å². The Bertz CT molecular complexity index is 1610. The van der Waals surface area contributed by atoms with Gasteiger partial charge in [0, 0.05) is 35.5 Å². The smallest absolute Gasteiger partial charge is 0.260 e. The van der Waals surface area contributed by atoms with Crippen molar-refractivity contribution in [3.8, 4) is 28.5 Å². The molecule has 0 bridgehead atoms. The van der Waals surface area contributed by atoms with Gasteiger partial charge in [-0.05, 0) is 36.4 Å². The molecule has 0 saturated carbocycles. The zero-order valence-corrected chi connectivity index (χ0v) is 20.0. The number of aromatic nitrogens is 3. The molecule has 0 radical (unpaired) electrons. The van der Waals surface area contributed by atoms with E-state index in [1.165, 1.54) is 10.5 Å². The Hall–Kier alpha value is -4.79. The summed E-state index contributed by atoms with van der Waals surface area (Å²) in [5.74, 6) is 1.89. The molecule has 0 fully saturated rings. The molecule has 0 atom stereocenters. The SMILES string of the molecule is COc1ccc(-c2cc(=O)n3c4ccccc4n(CC(=O)Nc4cc(OC)cc(OC)c4)c3n2)cc1. The van der Waals surface area contributed by atoms with E-state index in [0.717, 1.165) is 5.56 Å². The van der Waals surface area contributed by atoms with Crippen LogP contribution < -0.4 is 25.1 Å². The van der Waals surface area contributed by atoms with E-state index in [4.69, 9.17) is 19.2 Å². The lowest BCUT2D eigenvalue weighted by Gasteiger charge is -2.11. The zero-order valence-electron chi connectivity index (χ0n) is 20.0.